The first-order valence-electron chi connectivity index (χ1n) is 15.7. The van der Waals surface area contributed by atoms with Gasteiger partial charge >= 0.3 is 0 Å². The van der Waals surface area contributed by atoms with Gasteiger partial charge in [-0.1, -0.05) is 95.6 Å². The molecule has 0 bridgehead atoms. The molecule has 1 amide bonds. The Morgan fingerprint density at radius 3 is 2.62 bits per heavy atom. The highest BCUT2D eigenvalue weighted by molar-refractivity contribution is 6.30. The summed E-state index contributed by atoms with van der Waals surface area (Å²) in [6, 6.07) is 32.1. The molecule has 1 aliphatic rings. The predicted octanol–water partition coefficient (Wildman–Crippen LogP) is 7.14. The van der Waals surface area contributed by atoms with Gasteiger partial charge in [-0.3, -0.25) is 10.2 Å². The van der Waals surface area contributed by atoms with Crippen molar-refractivity contribution in [1.29, 1.82) is 0 Å². The number of azide groups is 1. The number of hydrazine groups is 1. The Kier molecular flexibility index (Phi) is 12.2. The zero-order valence-corrected chi connectivity index (χ0v) is 27.1. The number of aliphatic imine (C=N–C) groups is 1. The van der Waals surface area contributed by atoms with E-state index in [1.165, 1.54) is 0 Å². The molecule has 0 unspecified atom stereocenters. The fourth-order valence-electron chi connectivity index (χ4n) is 5.42. The van der Waals surface area contributed by atoms with Crippen LogP contribution in [0.4, 0.5) is 0 Å². The number of hydrogen-bond donors (Lipinski definition) is 3. The standard InChI is InChI=1S/C37H37ClN6O4/c38-31-14-6-11-28(25-31)20-22-40-43-36(46)37(21-7-12-27-9-2-1-3-10-27)34(33-15-5-4-13-30(33)26-41-44-39)48-35(42-37)29-16-18-32(19-17-29)47-24-8-23-45/h1-7,9-19,25,34,40,45H,8,20-24,26H2,(H,43,46)/b12-7+/t34-,37-/m0/s1. The number of carbonyl (C=O) groups excluding carboxylic acids is 1. The second kappa shape index (κ2) is 17.2. The molecule has 11 heteroatoms. The molecule has 246 valence electrons. The minimum absolute atomic E-state index is 0.0452. The number of nitrogens with zero attached hydrogens (tertiary/aromatic N) is 4. The van der Waals surface area contributed by atoms with E-state index in [9.17, 15) is 4.79 Å². The molecule has 0 radical (unpaired) electrons. The van der Waals surface area contributed by atoms with Crippen LogP contribution in [0.15, 0.2) is 119 Å². The fourth-order valence-corrected chi connectivity index (χ4v) is 5.64. The van der Waals surface area contributed by atoms with Crippen molar-refractivity contribution >= 4 is 29.5 Å². The molecule has 0 saturated carbocycles. The summed E-state index contributed by atoms with van der Waals surface area (Å²) in [4.78, 5) is 22.4. The highest BCUT2D eigenvalue weighted by atomic mass is 35.5. The van der Waals surface area contributed by atoms with Crippen LogP contribution in [0.25, 0.3) is 16.5 Å². The van der Waals surface area contributed by atoms with Crippen molar-refractivity contribution in [3.05, 3.63) is 152 Å². The number of ether oxygens (including phenoxy) is 2. The normalized spacial score (nSPS) is 17.0. The van der Waals surface area contributed by atoms with Crippen LogP contribution in [0.2, 0.25) is 5.02 Å². The molecule has 1 heterocycles. The van der Waals surface area contributed by atoms with E-state index in [-0.39, 0.29) is 25.5 Å². The molecule has 4 aromatic carbocycles. The van der Waals surface area contributed by atoms with Gasteiger partial charge < -0.3 is 14.6 Å². The van der Waals surface area contributed by atoms with Gasteiger partial charge in [-0.2, -0.15) is 0 Å². The first kappa shape index (κ1) is 34.2. The van der Waals surface area contributed by atoms with Crippen molar-refractivity contribution in [3.63, 3.8) is 0 Å². The number of hydrogen-bond acceptors (Lipinski definition) is 7. The molecule has 0 fully saturated rings. The summed E-state index contributed by atoms with van der Waals surface area (Å²) in [6.07, 6.45) is 4.39. The maximum absolute atomic E-state index is 14.4. The van der Waals surface area contributed by atoms with Crippen LogP contribution in [-0.2, 0) is 22.5 Å². The molecule has 3 N–H and O–H groups in total. The number of nitrogens with one attached hydrogen (secondary N) is 2. The third-order valence-electron chi connectivity index (χ3n) is 7.84. The van der Waals surface area contributed by atoms with Crippen molar-refractivity contribution in [3.8, 4) is 5.75 Å². The van der Waals surface area contributed by atoms with Gasteiger partial charge in [0.25, 0.3) is 5.91 Å². The number of carbonyl (C=O) groups is 1. The quantitative estimate of drug-likeness (QED) is 0.0384. The molecular weight excluding hydrogens is 628 g/mol. The maximum atomic E-state index is 14.4. The lowest BCUT2D eigenvalue weighted by molar-refractivity contribution is -0.129. The van der Waals surface area contributed by atoms with Crippen LogP contribution < -0.4 is 15.6 Å². The summed E-state index contributed by atoms with van der Waals surface area (Å²) in [6.45, 7) is 0.967. The SMILES string of the molecule is [N-]=[N+]=NCc1ccccc1[C@@H]1OC(c2ccc(OCCCO)cc2)=N[C@]1(C/C=C/c1ccccc1)C(=O)NNCCc1cccc(Cl)c1. The molecule has 0 aliphatic carbocycles. The largest absolute Gasteiger partial charge is 0.494 e. The molecule has 10 nitrogen and oxygen atoms in total. The van der Waals surface area contributed by atoms with Crippen LogP contribution in [0.5, 0.6) is 5.75 Å². The van der Waals surface area contributed by atoms with Gasteiger partial charge in [-0.15, -0.1) is 0 Å². The summed E-state index contributed by atoms with van der Waals surface area (Å²) in [5, 5.41) is 13.5. The third kappa shape index (κ3) is 8.82. The van der Waals surface area contributed by atoms with Crippen LogP contribution in [0.3, 0.4) is 0 Å². The maximum Gasteiger partial charge on any atom is 0.266 e. The van der Waals surface area contributed by atoms with Crippen LogP contribution in [-0.4, -0.2) is 42.2 Å². The number of aliphatic hydroxyl groups is 1. The summed E-state index contributed by atoms with van der Waals surface area (Å²) < 4.78 is 12.3. The first-order chi connectivity index (χ1) is 23.5. The molecule has 5 rings (SSSR count). The summed E-state index contributed by atoms with van der Waals surface area (Å²) in [5.41, 5.74) is 17.7. The lowest BCUT2D eigenvalue weighted by Crippen LogP contribution is -2.53. The lowest BCUT2D eigenvalue weighted by Gasteiger charge is -2.31. The first-order valence-corrected chi connectivity index (χ1v) is 16.1. The lowest BCUT2D eigenvalue weighted by atomic mass is 9.82. The number of aliphatic hydroxyl groups excluding tert-OH is 1. The van der Waals surface area contributed by atoms with Crippen molar-refractivity contribution in [2.45, 2.75) is 37.5 Å². The van der Waals surface area contributed by atoms with Crippen LogP contribution in [0, 0.1) is 0 Å². The molecule has 48 heavy (non-hydrogen) atoms. The van der Waals surface area contributed by atoms with E-state index in [1.807, 2.05) is 103 Å². The van der Waals surface area contributed by atoms with Crippen molar-refractivity contribution < 1.29 is 19.4 Å². The molecule has 1 aliphatic heterocycles. The highest BCUT2D eigenvalue weighted by Crippen LogP contribution is 2.44. The third-order valence-corrected chi connectivity index (χ3v) is 8.08. The Bertz CT molecular complexity index is 1780. The van der Waals surface area contributed by atoms with E-state index in [2.05, 4.69) is 20.9 Å². The Morgan fingerprint density at radius 1 is 1.06 bits per heavy atom. The van der Waals surface area contributed by atoms with E-state index in [0.717, 1.165) is 16.7 Å². The number of amides is 1. The van der Waals surface area contributed by atoms with Crippen molar-refractivity contribution in [2.24, 2.45) is 10.1 Å². The van der Waals surface area contributed by atoms with Gasteiger partial charge in [-0.25, -0.2) is 10.4 Å². The van der Waals surface area contributed by atoms with Gasteiger partial charge in [0.1, 0.15) is 5.75 Å². The van der Waals surface area contributed by atoms with E-state index < -0.39 is 11.6 Å². The summed E-state index contributed by atoms with van der Waals surface area (Å²) in [7, 11) is 0. The average molecular weight is 665 g/mol. The number of rotatable bonds is 16. The zero-order chi connectivity index (χ0) is 33.6. The molecule has 0 aromatic heterocycles. The Hall–Kier alpha value is -5.12. The van der Waals surface area contributed by atoms with Crippen molar-refractivity contribution in [1.82, 2.24) is 10.9 Å². The van der Waals surface area contributed by atoms with Gasteiger partial charge in [-0.05, 0) is 70.6 Å². The van der Waals surface area contributed by atoms with Gasteiger partial charge in [0.05, 0.1) is 13.2 Å². The van der Waals surface area contributed by atoms with Crippen LogP contribution >= 0.6 is 11.6 Å². The van der Waals surface area contributed by atoms with Crippen molar-refractivity contribution in [2.75, 3.05) is 19.8 Å². The second-order valence-electron chi connectivity index (χ2n) is 11.2. The van der Waals surface area contributed by atoms with E-state index >= 15 is 0 Å². The van der Waals surface area contributed by atoms with E-state index in [0.29, 0.717) is 53.8 Å². The topological polar surface area (TPSA) is 141 Å². The number of benzene rings is 4. The van der Waals surface area contributed by atoms with Gasteiger partial charge in [0.15, 0.2) is 11.6 Å². The van der Waals surface area contributed by atoms with E-state index in [1.54, 1.807) is 12.1 Å². The summed E-state index contributed by atoms with van der Waals surface area (Å²) >= 11 is 6.16. The monoisotopic (exact) mass is 664 g/mol. The van der Waals surface area contributed by atoms with Gasteiger partial charge in [0.2, 0.25) is 5.90 Å². The molecule has 0 spiro atoms. The van der Waals surface area contributed by atoms with Crippen LogP contribution in [0.1, 0.15) is 46.8 Å². The summed E-state index contributed by atoms with van der Waals surface area (Å²) in [5.74, 6) is 0.553. The molecule has 4 aromatic rings. The minimum Gasteiger partial charge on any atom is -0.494 e. The zero-order valence-electron chi connectivity index (χ0n) is 26.3. The minimum atomic E-state index is -1.44. The predicted molar refractivity (Wildman–Crippen MR) is 187 cm³/mol. The average Bonchev–Trinajstić information content (AvgIpc) is 3.50. The highest BCUT2D eigenvalue weighted by Gasteiger charge is 2.53. The van der Waals surface area contributed by atoms with E-state index in [4.69, 9.17) is 36.7 Å². The molecular formula is C37H37ClN6O4. The second-order valence-corrected chi connectivity index (χ2v) is 11.6. The Balaban J connectivity index is 1.50. The Morgan fingerprint density at radius 2 is 1.85 bits per heavy atom. The fraction of sp³-hybridized carbons (Fsp3) is 0.243. The molecule has 0 saturated heterocycles. The van der Waals surface area contributed by atoms with Gasteiger partial charge in [0, 0.05) is 41.5 Å². The number of halogens is 1. The smallest absolute Gasteiger partial charge is 0.266 e. The molecule has 2 atom stereocenters. The Labute approximate surface area is 284 Å².